The predicted octanol–water partition coefficient (Wildman–Crippen LogP) is 3.03. The molecule has 0 bridgehead atoms. The molecule has 300 valence electrons. The van der Waals surface area contributed by atoms with Crippen molar-refractivity contribution < 1.29 is 48.0 Å². The topological polar surface area (TPSA) is 148 Å². The van der Waals surface area contributed by atoms with E-state index in [9.17, 15) is 24.3 Å². The van der Waals surface area contributed by atoms with Crippen LogP contribution in [-0.2, 0) is 38.1 Å². The minimum atomic E-state index is -1.50. The molecule has 3 aliphatic rings. The summed E-state index contributed by atoms with van der Waals surface area (Å²) in [6.45, 7) is 15.2. The highest BCUT2D eigenvalue weighted by Crippen LogP contribution is 2.38. The summed E-state index contributed by atoms with van der Waals surface area (Å²) in [5.41, 5.74) is -2.50. The molecule has 0 aromatic carbocycles. The zero-order valence-corrected chi connectivity index (χ0v) is 33.9. The summed E-state index contributed by atoms with van der Waals surface area (Å²) in [6, 6.07) is -0.413. The van der Waals surface area contributed by atoms with Crippen LogP contribution in [0.3, 0.4) is 0 Å². The highest BCUT2D eigenvalue weighted by atomic mass is 16.7. The van der Waals surface area contributed by atoms with Crippen molar-refractivity contribution in [3.8, 4) is 0 Å². The number of nitrogens with zero attached hydrogens (tertiary/aromatic N) is 4. The Bertz CT molecular complexity index is 1210. The molecule has 3 rings (SSSR count). The van der Waals surface area contributed by atoms with Gasteiger partial charge in [-0.1, -0.05) is 27.2 Å². The van der Waals surface area contributed by atoms with Crippen LogP contribution < -0.4 is 0 Å². The first-order valence-corrected chi connectivity index (χ1v) is 19.0. The van der Waals surface area contributed by atoms with Gasteiger partial charge in [0.1, 0.15) is 18.1 Å². The quantitative estimate of drug-likeness (QED) is 0.189. The smallest absolute Gasteiger partial charge is 0.409 e. The number of amides is 2. The average Bonchev–Trinajstić information content (AvgIpc) is 3.06. The number of cyclic esters (lactones) is 1. The van der Waals surface area contributed by atoms with Gasteiger partial charge in [0.15, 0.2) is 12.1 Å². The lowest BCUT2D eigenvalue weighted by Crippen LogP contribution is -2.60. The summed E-state index contributed by atoms with van der Waals surface area (Å²) < 4.78 is 30.2. The number of esters is 1. The van der Waals surface area contributed by atoms with Crippen LogP contribution in [0.1, 0.15) is 80.6 Å². The number of ether oxygens (including phenoxy) is 5. The molecule has 0 aromatic rings. The van der Waals surface area contributed by atoms with Gasteiger partial charge < -0.3 is 43.5 Å². The molecule has 3 heterocycles. The molecule has 9 atom stereocenters. The van der Waals surface area contributed by atoms with Crippen LogP contribution in [-0.4, -0.2) is 165 Å². The lowest BCUT2D eigenvalue weighted by atomic mass is 9.74. The highest BCUT2D eigenvalue weighted by molar-refractivity contribution is 6.04. The molecule has 0 saturated carbocycles. The Hall–Kier alpha value is -2.36. The molecular weight excluding hydrogens is 672 g/mol. The van der Waals surface area contributed by atoms with Gasteiger partial charge in [-0.05, 0) is 74.0 Å². The summed E-state index contributed by atoms with van der Waals surface area (Å²) >= 11 is 0. The fourth-order valence-corrected chi connectivity index (χ4v) is 7.95. The van der Waals surface area contributed by atoms with Crippen molar-refractivity contribution in [2.24, 2.45) is 23.2 Å². The van der Waals surface area contributed by atoms with Crippen LogP contribution in [0.25, 0.3) is 0 Å². The second kappa shape index (κ2) is 18.8. The summed E-state index contributed by atoms with van der Waals surface area (Å²) in [5, 5.41) is 11.4. The monoisotopic (exact) mass is 740 g/mol. The molecule has 0 unspecified atom stereocenters. The Kier molecular flexibility index (Phi) is 15.9. The van der Waals surface area contributed by atoms with Gasteiger partial charge in [0.25, 0.3) is 0 Å². The van der Waals surface area contributed by atoms with E-state index in [1.54, 1.807) is 39.8 Å². The molecule has 1 N–H and O–H groups in total. The Morgan fingerprint density at radius 1 is 1.06 bits per heavy atom. The fraction of sp³-hybridized carbons (Fsp3) is 0.895. The maximum Gasteiger partial charge on any atom is 0.409 e. The third-order valence-corrected chi connectivity index (χ3v) is 11.4. The van der Waals surface area contributed by atoms with Crippen molar-refractivity contribution in [3.63, 3.8) is 0 Å². The predicted molar refractivity (Wildman–Crippen MR) is 195 cm³/mol. The maximum atomic E-state index is 14.3. The SMILES string of the molecule is CCCCOC(=O)N(C)CCC(=O)N1CC([C@@H]2COC(=O)C(C)(C)C(=O)[C@H](C)[C@@H](O[C@@H]3O[C@H](C)C[C@H](N(C)C)[C@H]3O)[C@](C)(OC)C[C@@H](C)CN2C)C1. The maximum absolute atomic E-state index is 14.3. The number of aliphatic hydroxyl groups excluding tert-OH is 1. The van der Waals surface area contributed by atoms with Crippen molar-refractivity contribution in [2.75, 3.05) is 74.7 Å². The van der Waals surface area contributed by atoms with Gasteiger partial charge in [0.05, 0.1) is 24.4 Å². The summed E-state index contributed by atoms with van der Waals surface area (Å²) in [7, 11) is 9.02. The van der Waals surface area contributed by atoms with Gasteiger partial charge in [-0.15, -0.1) is 0 Å². The molecule has 2 amide bonds. The number of carbonyl (C=O) groups excluding carboxylic acids is 4. The number of hydrogen-bond donors (Lipinski definition) is 1. The second-order valence-electron chi connectivity index (χ2n) is 16.5. The molecule has 14 nitrogen and oxygen atoms in total. The Morgan fingerprint density at radius 2 is 1.71 bits per heavy atom. The first-order chi connectivity index (χ1) is 24.3. The summed E-state index contributed by atoms with van der Waals surface area (Å²) in [5.74, 6) is -1.78. The van der Waals surface area contributed by atoms with E-state index in [2.05, 4.69) is 11.8 Å². The van der Waals surface area contributed by atoms with Crippen molar-refractivity contribution in [1.82, 2.24) is 19.6 Å². The number of carbonyl (C=O) groups is 4. The molecule has 52 heavy (non-hydrogen) atoms. The van der Waals surface area contributed by atoms with Crippen molar-refractivity contribution >= 4 is 23.8 Å². The van der Waals surface area contributed by atoms with Crippen LogP contribution in [0, 0.1) is 23.2 Å². The van der Waals surface area contributed by atoms with E-state index in [0.717, 1.165) is 12.8 Å². The zero-order valence-electron chi connectivity index (χ0n) is 33.9. The third kappa shape index (κ3) is 10.7. The van der Waals surface area contributed by atoms with Gasteiger partial charge in [-0.25, -0.2) is 4.79 Å². The molecular formula is C38H68N4O10. The van der Waals surface area contributed by atoms with Crippen LogP contribution in [0.15, 0.2) is 0 Å². The van der Waals surface area contributed by atoms with Crippen LogP contribution in [0.4, 0.5) is 4.79 Å². The van der Waals surface area contributed by atoms with Crippen LogP contribution >= 0.6 is 0 Å². The summed E-state index contributed by atoms with van der Waals surface area (Å²) in [4.78, 5) is 60.6. The number of likely N-dealkylation sites (tertiary alicyclic amines) is 1. The molecule has 0 spiro atoms. The lowest BCUT2D eigenvalue weighted by Gasteiger charge is -2.47. The molecule has 0 radical (unpaired) electrons. The number of rotatable bonds is 11. The number of aliphatic hydroxyl groups is 1. The number of ketones is 1. The minimum Gasteiger partial charge on any atom is -0.463 e. The van der Waals surface area contributed by atoms with Crippen molar-refractivity contribution in [2.45, 2.75) is 123 Å². The molecule has 3 aliphatic heterocycles. The van der Waals surface area contributed by atoms with Gasteiger partial charge in [-0.2, -0.15) is 0 Å². The largest absolute Gasteiger partial charge is 0.463 e. The zero-order chi connectivity index (χ0) is 39.1. The average molecular weight is 741 g/mol. The van der Waals surface area contributed by atoms with Gasteiger partial charge >= 0.3 is 12.1 Å². The molecule has 0 aromatic heterocycles. The Morgan fingerprint density at radius 3 is 2.31 bits per heavy atom. The first kappa shape index (κ1) is 44.0. The summed E-state index contributed by atoms with van der Waals surface area (Å²) in [6.07, 6.45) is -0.429. The molecule has 14 heteroatoms. The molecule has 0 aliphatic carbocycles. The van der Waals surface area contributed by atoms with E-state index >= 15 is 0 Å². The lowest BCUT2D eigenvalue weighted by molar-refractivity contribution is -0.295. The van der Waals surface area contributed by atoms with E-state index in [-0.39, 0.29) is 61.3 Å². The van der Waals surface area contributed by atoms with Crippen molar-refractivity contribution in [1.29, 1.82) is 0 Å². The van der Waals surface area contributed by atoms with Gasteiger partial charge in [0, 0.05) is 70.7 Å². The first-order valence-electron chi connectivity index (χ1n) is 19.0. The molecule has 3 fully saturated rings. The Labute approximate surface area is 311 Å². The van der Waals surface area contributed by atoms with Crippen LogP contribution in [0.2, 0.25) is 0 Å². The van der Waals surface area contributed by atoms with E-state index < -0.39 is 47.5 Å². The second-order valence-corrected chi connectivity index (χ2v) is 16.5. The normalized spacial score (nSPS) is 34.1. The number of unbranched alkanes of at least 4 members (excludes halogenated alkanes) is 1. The Balaban J connectivity index is 1.79. The number of likely N-dealkylation sites (N-methyl/N-ethyl adjacent to an activating group) is 2. The van der Waals surface area contributed by atoms with E-state index in [1.165, 1.54) is 4.90 Å². The van der Waals surface area contributed by atoms with E-state index in [4.69, 9.17) is 23.7 Å². The fourth-order valence-electron chi connectivity index (χ4n) is 7.95. The number of Topliss-reactive ketones (excluding diaryl/α,β-unsaturated/α-hetero) is 1. The van der Waals surface area contributed by atoms with E-state index in [1.807, 2.05) is 46.8 Å². The molecule has 3 saturated heterocycles. The van der Waals surface area contributed by atoms with Gasteiger partial charge in [-0.3, -0.25) is 19.3 Å². The van der Waals surface area contributed by atoms with Crippen LogP contribution in [0.5, 0.6) is 0 Å². The number of methoxy groups -OCH3 is 1. The standard InChI is InChI=1S/C38H68N4O10/c1-13-14-17-49-36(47)40(10)16-15-30(43)42-21-27(22-42)29-23-50-35(46)37(5,6)32(45)26(4)33(38(7,48-12)19-24(2)20-41(29)11)52-34-31(44)28(39(8)9)18-25(3)51-34/h24-29,31,33-34,44H,13-23H2,1-12H3/t24-,25-,26+,28+,29+,31-,33-,34+,38-/m1/s1. The van der Waals surface area contributed by atoms with Crippen molar-refractivity contribution in [3.05, 3.63) is 0 Å². The number of hydrogen-bond acceptors (Lipinski definition) is 12. The minimum absolute atomic E-state index is 0.0371. The van der Waals surface area contributed by atoms with E-state index in [0.29, 0.717) is 39.1 Å². The highest BCUT2D eigenvalue weighted by Gasteiger charge is 2.52. The van der Waals surface area contributed by atoms with Gasteiger partial charge in [0.2, 0.25) is 5.91 Å². The third-order valence-electron chi connectivity index (χ3n) is 11.4.